The molecular formula is C21H29N3O. The predicted octanol–water partition coefficient (Wildman–Crippen LogP) is 3.49. The van der Waals surface area contributed by atoms with Gasteiger partial charge in [0.05, 0.1) is 5.52 Å². The molecule has 2 aliphatic rings. The number of benzene rings is 1. The van der Waals surface area contributed by atoms with Crippen molar-refractivity contribution < 1.29 is 4.74 Å². The topological polar surface area (TPSA) is 28.6 Å². The highest BCUT2D eigenvalue weighted by molar-refractivity contribution is 5.92. The zero-order chi connectivity index (χ0) is 17.1. The van der Waals surface area contributed by atoms with Gasteiger partial charge in [0.2, 0.25) is 0 Å². The van der Waals surface area contributed by atoms with Crippen LogP contribution in [0, 0.1) is 0 Å². The van der Waals surface area contributed by atoms with Gasteiger partial charge in [0.15, 0.2) is 0 Å². The summed E-state index contributed by atoms with van der Waals surface area (Å²) >= 11 is 0. The second kappa shape index (κ2) is 7.71. The molecule has 0 aliphatic carbocycles. The largest absolute Gasteiger partial charge is 0.381 e. The Bertz CT molecular complexity index is 711. The fourth-order valence-corrected chi connectivity index (χ4v) is 4.25. The van der Waals surface area contributed by atoms with E-state index in [9.17, 15) is 0 Å². The van der Waals surface area contributed by atoms with Crippen LogP contribution in [0.25, 0.3) is 10.9 Å². The molecule has 2 aromatic rings. The molecule has 2 saturated heterocycles. The van der Waals surface area contributed by atoms with E-state index in [-0.39, 0.29) is 0 Å². The Kier molecular flexibility index (Phi) is 5.18. The predicted molar refractivity (Wildman–Crippen MR) is 103 cm³/mol. The number of para-hydroxylation sites is 1. The Balaban J connectivity index is 1.56. The Hall–Kier alpha value is -1.65. The van der Waals surface area contributed by atoms with Crippen LogP contribution in [-0.4, -0.2) is 55.3 Å². The maximum Gasteiger partial charge on any atom is 0.0726 e. The van der Waals surface area contributed by atoms with Crippen LogP contribution in [0.5, 0.6) is 0 Å². The molecule has 0 bridgehead atoms. The van der Waals surface area contributed by atoms with Crippen molar-refractivity contribution in [3.8, 4) is 0 Å². The van der Waals surface area contributed by atoms with Crippen molar-refractivity contribution in [2.24, 2.45) is 0 Å². The molecule has 0 spiro atoms. The second-order valence-corrected chi connectivity index (χ2v) is 7.22. The molecule has 1 aromatic heterocycles. The first-order valence-electron chi connectivity index (χ1n) is 9.80. The van der Waals surface area contributed by atoms with Crippen LogP contribution in [0.2, 0.25) is 0 Å². The molecule has 0 unspecified atom stereocenters. The molecule has 0 saturated carbocycles. The lowest BCUT2D eigenvalue weighted by molar-refractivity contribution is 0.0365. The van der Waals surface area contributed by atoms with E-state index in [1.807, 2.05) is 0 Å². The first-order chi connectivity index (χ1) is 12.3. The Morgan fingerprint density at radius 2 is 1.92 bits per heavy atom. The quantitative estimate of drug-likeness (QED) is 0.856. The van der Waals surface area contributed by atoms with Gasteiger partial charge in [-0.2, -0.15) is 0 Å². The smallest absolute Gasteiger partial charge is 0.0726 e. The highest BCUT2D eigenvalue weighted by atomic mass is 16.5. The van der Waals surface area contributed by atoms with Crippen molar-refractivity contribution in [3.63, 3.8) is 0 Å². The van der Waals surface area contributed by atoms with Gasteiger partial charge in [-0.1, -0.05) is 25.1 Å². The van der Waals surface area contributed by atoms with Crippen molar-refractivity contribution in [2.45, 2.75) is 38.6 Å². The standard InChI is InChI=1S/C21H29N3O/c1-2-17-16-21(19-6-3-4-7-20(19)22-17)24-11-5-10-23(12-13-24)18-8-14-25-15-9-18/h3-4,6-7,16,18H,2,5,8-15H2,1H3. The lowest BCUT2D eigenvalue weighted by atomic mass is 10.1. The third-order valence-electron chi connectivity index (χ3n) is 5.69. The van der Waals surface area contributed by atoms with Crippen LogP contribution in [0.3, 0.4) is 0 Å². The van der Waals surface area contributed by atoms with Gasteiger partial charge in [-0.15, -0.1) is 0 Å². The zero-order valence-electron chi connectivity index (χ0n) is 15.3. The average molecular weight is 339 g/mol. The number of aryl methyl sites for hydroxylation is 1. The van der Waals surface area contributed by atoms with Crippen LogP contribution in [0.4, 0.5) is 5.69 Å². The third kappa shape index (κ3) is 3.65. The number of hydrogen-bond donors (Lipinski definition) is 0. The first-order valence-corrected chi connectivity index (χ1v) is 9.80. The van der Waals surface area contributed by atoms with Crippen molar-refractivity contribution >= 4 is 16.6 Å². The highest BCUT2D eigenvalue weighted by Gasteiger charge is 2.24. The number of hydrogen-bond acceptors (Lipinski definition) is 4. The van der Waals surface area contributed by atoms with Gasteiger partial charge in [0, 0.05) is 62.2 Å². The molecule has 4 heteroatoms. The number of aromatic nitrogens is 1. The van der Waals surface area contributed by atoms with Gasteiger partial charge >= 0.3 is 0 Å². The van der Waals surface area contributed by atoms with E-state index < -0.39 is 0 Å². The number of ether oxygens (including phenoxy) is 1. The van der Waals surface area contributed by atoms with E-state index in [4.69, 9.17) is 9.72 Å². The molecule has 0 N–H and O–H groups in total. The summed E-state index contributed by atoms with van der Waals surface area (Å²) in [6.45, 7) is 8.66. The zero-order valence-corrected chi connectivity index (χ0v) is 15.3. The van der Waals surface area contributed by atoms with E-state index in [0.29, 0.717) is 6.04 Å². The van der Waals surface area contributed by atoms with Gasteiger partial charge in [-0.25, -0.2) is 0 Å². The van der Waals surface area contributed by atoms with E-state index in [1.54, 1.807) is 0 Å². The summed E-state index contributed by atoms with van der Waals surface area (Å²) in [7, 11) is 0. The van der Waals surface area contributed by atoms with E-state index in [2.05, 4.69) is 47.1 Å². The fraction of sp³-hybridized carbons (Fsp3) is 0.571. The van der Waals surface area contributed by atoms with E-state index in [0.717, 1.165) is 44.8 Å². The van der Waals surface area contributed by atoms with Crippen LogP contribution in [0.15, 0.2) is 30.3 Å². The normalized spacial score (nSPS) is 20.8. The van der Waals surface area contributed by atoms with Crippen molar-refractivity contribution in [1.29, 1.82) is 0 Å². The molecule has 0 radical (unpaired) electrons. The molecule has 3 heterocycles. The minimum atomic E-state index is 0.717. The maximum atomic E-state index is 5.54. The lowest BCUT2D eigenvalue weighted by Crippen LogP contribution is -2.41. The van der Waals surface area contributed by atoms with E-state index >= 15 is 0 Å². The molecular weight excluding hydrogens is 310 g/mol. The first kappa shape index (κ1) is 16.8. The van der Waals surface area contributed by atoms with Crippen LogP contribution in [0.1, 0.15) is 31.9 Å². The molecule has 134 valence electrons. The number of rotatable bonds is 3. The Labute approximate surface area is 150 Å². The number of fused-ring (bicyclic) bond motifs is 1. The van der Waals surface area contributed by atoms with Gasteiger partial charge in [-0.05, 0) is 37.8 Å². The summed E-state index contributed by atoms with van der Waals surface area (Å²) in [5, 5.41) is 1.29. The van der Waals surface area contributed by atoms with Gasteiger partial charge < -0.3 is 9.64 Å². The summed E-state index contributed by atoms with van der Waals surface area (Å²) in [4.78, 5) is 10.1. The number of pyridine rings is 1. The van der Waals surface area contributed by atoms with Gasteiger partial charge in [0.25, 0.3) is 0 Å². The Morgan fingerprint density at radius 3 is 2.76 bits per heavy atom. The monoisotopic (exact) mass is 339 g/mol. The van der Waals surface area contributed by atoms with E-state index in [1.165, 1.54) is 42.6 Å². The molecule has 0 atom stereocenters. The summed E-state index contributed by atoms with van der Waals surface area (Å²) in [5.74, 6) is 0. The SMILES string of the molecule is CCc1cc(N2CCCN(C3CCOCC3)CC2)c2ccccc2n1. The van der Waals surface area contributed by atoms with Crippen LogP contribution in [-0.2, 0) is 11.2 Å². The average Bonchev–Trinajstić information content (AvgIpc) is 2.94. The summed E-state index contributed by atoms with van der Waals surface area (Å²) in [6, 6.07) is 11.6. The number of anilines is 1. The molecule has 4 rings (SSSR count). The van der Waals surface area contributed by atoms with Crippen molar-refractivity contribution in [2.75, 3.05) is 44.3 Å². The molecule has 2 aliphatic heterocycles. The minimum absolute atomic E-state index is 0.717. The Morgan fingerprint density at radius 1 is 1.08 bits per heavy atom. The lowest BCUT2D eigenvalue weighted by Gasteiger charge is -2.33. The van der Waals surface area contributed by atoms with Gasteiger partial charge in [0.1, 0.15) is 0 Å². The molecule has 1 aromatic carbocycles. The fourth-order valence-electron chi connectivity index (χ4n) is 4.25. The van der Waals surface area contributed by atoms with Crippen molar-refractivity contribution in [3.05, 3.63) is 36.0 Å². The maximum absolute atomic E-state index is 5.54. The second-order valence-electron chi connectivity index (χ2n) is 7.22. The van der Waals surface area contributed by atoms with Crippen molar-refractivity contribution in [1.82, 2.24) is 9.88 Å². The molecule has 25 heavy (non-hydrogen) atoms. The molecule has 0 amide bonds. The molecule has 2 fully saturated rings. The highest BCUT2D eigenvalue weighted by Crippen LogP contribution is 2.28. The molecule has 4 nitrogen and oxygen atoms in total. The van der Waals surface area contributed by atoms with Crippen LogP contribution >= 0.6 is 0 Å². The number of nitrogens with zero attached hydrogens (tertiary/aromatic N) is 3. The summed E-state index contributed by atoms with van der Waals surface area (Å²) < 4.78 is 5.54. The third-order valence-corrected chi connectivity index (χ3v) is 5.69. The van der Waals surface area contributed by atoms with Crippen LogP contribution < -0.4 is 4.90 Å². The minimum Gasteiger partial charge on any atom is -0.381 e. The summed E-state index contributed by atoms with van der Waals surface area (Å²) in [6.07, 6.45) is 4.60. The van der Waals surface area contributed by atoms with Gasteiger partial charge in [-0.3, -0.25) is 9.88 Å². The summed E-state index contributed by atoms with van der Waals surface area (Å²) in [5.41, 5.74) is 3.69.